The smallest absolute Gasteiger partial charge is 0.327 e. The van der Waals surface area contributed by atoms with Crippen LogP contribution in [0.3, 0.4) is 0 Å². The minimum absolute atomic E-state index is 0.0668. The van der Waals surface area contributed by atoms with Gasteiger partial charge in [-0.1, -0.05) is 67.6 Å². The van der Waals surface area contributed by atoms with Crippen LogP contribution in [0.2, 0.25) is 0 Å². The molecule has 0 saturated heterocycles. The second kappa shape index (κ2) is 9.02. The quantitative estimate of drug-likeness (QED) is 0.325. The Balaban J connectivity index is 1.72. The molecule has 1 aliphatic heterocycles. The topological polar surface area (TPSA) is 82.1 Å². The molecule has 0 spiro atoms. The van der Waals surface area contributed by atoms with Crippen molar-refractivity contribution < 1.29 is 19.3 Å². The summed E-state index contributed by atoms with van der Waals surface area (Å²) < 4.78 is 2.84. The molecule has 7 nitrogen and oxygen atoms in total. The Morgan fingerprint density at radius 2 is 1.49 bits per heavy atom. The molecule has 0 aliphatic carbocycles. The number of carbonyl (C=O) groups is 2. The molecule has 0 unspecified atom stereocenters. The highest BCUT2D eigenvalue weighted by Crippen LogP contribution is 2.39. The van der Waals surface area contributed by atoms with E-state index in [9.17, 15) is 14.7 Å². The molecule has 174 valence electrons. The lowest BCUT2D eigenvalue weighted by Crippen LogP contribution is -2.39. The molecule has 35 heavy (non-hydrogen) atoms. The summed E-state index contributed by atoms with van der Waals surface area (Å²) in [6.45, 7) is 2.15. The van der Waals surface area contributed by atoms with Gasteiger partial charge in [-0.2, -0.15) is 9.67 Å². The maximum Gasteiger partial charge on any atom is 0.327 e. The van der Waals surface area contributed by atoms with Crippen molar-refractivity contribution in [1.82, 2.24) is 14.7 Å². The van der Waals surface area contributed by atoms with E-state index in [1.165, 1.54) is 9.58 Å². The van der Waals surface area contributed by atoms with Crippen LogP contribution < -0.4 is 9.67 Å². The van der Waals surface area contributed by atoms with Crippen LogP contribution in [0.5, 0.6) is 5.88 Å². The van der Waals surface area contributed by atoms with Gasteiger partial charge in [-0.05, 0) is 23.4 Å². The van der Waals surface area contributed by atoms with E-state index in [4.69, 9.17) is 0 Å². The van der Waals surface area contributed by atoms with Crippen molar-refractivity contribution in [3.8, 4) is 17.1 Å². The first-order chi connectivity index (χ1) is 17.0. The van der Waals surface area contributed by atoms with Crippen LogP contribution in [-0.2, 0) is 29.6 Å². The molecular formula is C28H24N4O3. The van der Waals surface area contributed by atoms with E-state index in [0.29, 0.717) is 11.3 Å². The van der Waals surface area contributed by atoms with Gasteiger partial charge in [0.05, 0.1) is 12.2 Å². The molecule has 7 heteroatoms. The minimum Gasteiger partial charge on any atom is -0.858 e. The Bertz CT molecular complexity index is 1440. The summed E-state index contributed by atoms with van der Waals surface area (Å²) in [6.07, 6.45) is 4.36. The molecule has 2 amide bonds. The van der Waals surface area contributed by atoms with E-state index in [0.717, 1.165) is 17.5 Å². The van der Waals surface area contributed by atoms with Crippen LogP contribution in [0.25, 0.3) is 22.5 Å². The number of pyridine rings is 1. The van der Waals surface area contributed by atoms with E-state index < -0.39 is 17.7 Å². The Morgan fingerprint density at radius 1 is 0.857 bits per heavy atom. The van der Waals surface area contributed by atoms with Crippen LogP contribution in [-0.4, -0.2) is 26.5 Å². The maximum absolute atomic E-state index is 13.8. The van der Waals surface area contributed by atoms with Crippen LogP contribution >= 0.6 is 0 Å². The first kappa shape index (κ1) is 22.3. The number of carbonyl (C=O) groups excluding carboxylic acids is 2. The van der Waals surface area contributed by atoms with Crippen LogP contribution in [0.4, 0.5) is 0 Å². The normalized spacial score (nSPS) is 13.7. The fraction of sp³-hybridized carbons (Fsp3) is 0.143. The molecule has 1 aliphatic rings. The van der Waals surface area contributed by atoms with Gasteiger partial charge >= 0.3 is 5.91 Å². The molecule has 4 aromatic rings. The Morgan fingerprint density at radius 3 is 2.11 bits per heavy atom. The van der Waals surface area contributed by atoms with E-state index in [1.54, 1.807) is 24.0 Å². The number of aromatic nitrogens is 3. The molecule has 2 aromatic carbocycles. The van der Waals surface area contributed by atoms with E-state index in [2.05, 4.69) is 5.10 Å². The number of benzene rings is 2. The number of amides is 2. The van der Waals surface area contributed by atoms with Crippen molar-refractivity contribution in [3.63, 3.8) is 0 Å². The zero-order chi connectivity index (χ0) is 24.5. The fourth-order valence-corrected chi connectivity index (χ4v) is 4.31. The highest BCUT2D eigenvalue weighted by Gasteiger charge is 2.46. The standard InChI is InChI=1S/C28H24N4O3/c1-3-19-14-16-31(17-15-19)25-23(27(34)32(28(25)35)18-20-10-6-4-7-11-20)22-24(29-30(2)26(22)33)21-12-8-5-9-13-21/h4-17H,3,18H2,1-2H3. The highest BCUT2D eigenvalue weighted by atomic mass is 16.3. The number of hydrogen-bond donors (Lipinski definition) is 0. The molecule has 0 N–H and O–H groups in total. The fourth-order valence-electron chi connectivity index (χ4n) is 4.31. The van der Waals surface area contributed by atoms with Crippen LogP contribution in [0.15, 0.2) is 85.2 Å². The Kier molecular flexibility index (Phi) is 5.74. The molecule has 3 heterocycles. The van der Waals surface area contributed by atoms with Gasteiger partial charge in [0.2, 0.25) is 0 Å². The Labute approximate surface area is 203 Å². The summed E-state index contributed by atoms with van der Waals surface area (Å²) in [4.78, 5) is 28.7. The predicted molar refractivity (Wildman–Crippen MR) is 129 cm³/mol. The zero-order valence-electron chi connectivity index (χ0n) is 19.5. The second-order valence-electron chi connectivity index (χ2n) is 8.39. The van der Waals surface area contributed by atoms with Crippen molar-refractivity contribution in [2.24, 2.45) is 7.05 Å². The Hall–Kier alpha value is -4.52. The lowest BCUT2D eigenvalue weighted by Gasteiger charge is -2.15. The van der Waals surface area contributed by atoms with Gasteiger partial charge in [-0.15, -0.1) is 0 Å². The van der Waals surface area contributed by atoms with Crippen LogP contribution in [0.1, 0.15) is 23.6 Å². The summed E-state index contributed by atoms with van der Waals surface area (Å²) in [5.41, 5.74) is 3.33. The van der Waals surface area contributed by atoms with Crippen molar-refractivity contribution >= 4 is 23.1 Å². The van der Waals surface area contributed by atoms with Gasteiger partial charge in [-0.3, -0.25) is 19.2 Å². The van der Waals surface area contributed by atoms with E-state index in [-0.39, 0.29) is 23.4 Å². The SMILES string of the molecule is CCc1cc[n+](C2=C(c3c(-c4ccccc4)nn(C)c3[O-])C(=O)N(Cc3ccccc3)C2=O)cc1. The lowest BCUT2D eigenvalue weighted by atomic mass is 10.00. The molecule has 0 saturated carbocycles. The van der Waals surface area contributed by atoms with Crippen molar-refractivity contribution in [2.75, 3.05) is 0 Å². The van der Waals surface area contributed by atoms with E-state index in [1.807, 2.05) is 79.7 Å². The number of imide groups is 1. The molecule has 0 bridgehead atoms. The molecule has 0 radical (unpaired) electrons. The van der Waals surface area contributed by atoms with Crippen molar-refractivity contribution in [3.05, 3.63) is 102 Å². The van der Waals surface area contributed by atoms with Gasteiger partial charge < -0.3 is 5.11 Å². The molecule has 0 fully saturated rings. The summed E-state index contributed by atoms with van der Waals surface area (Å²) in [5.74, 6) is -1.39. The van der Waals surface area contributed by atoms with Crippen molar-refractivity contribution in [2.45, 2.75) is 19.9 Å². The van der Waals surface area contributed by atoms with Gasteiger partial charge in [0.1, 0.15) is 5.57 Å². The molecular weight excluding hydrogens is 440 g/mol. The van der Waals surface area contributed by atoms with Crippen LogP contribution in [0, 0.1) is 0 Å². The first-order valence-electron chi connectivity index (χ1n) is 11.4. The third-order valence-corrected chi connectivity index (χ3v) is 6.18. The minimum atomic E-state index is -0.511. The molecule has 2 aromatic heterocycles. The molecule has 0 atom stereocenters. The third kappa shape index (κ3) is 3.91. The third-order valence-electron chi connectivity index (χ3n) is 6.18. The summed E-state index contributed by atoms with van der Waals surface area (Å²) in [5, 5.41) is 17.7. The summed E-state index contributed by atoms with van der Waals surface area (Å²) in [7, 11) is 1.55. The summed E-state index contributed by atoms with van der Waals surface area (Å²) >= 11 is 0. The largest absolute Gasteiger partial charge is 0.858 e. The first-order valence-corrected chi connectivity index (χ1v) is 11.4. The number of hydrogen-bond acceptors (Lipinski definition) is 4. The van der Waals surface area contributed by atoms with Gasteiger partial charge in [0.15, 0.2) is 12.4 Å². The highest BCUT2D eigenvalue weighted by molar-refractivity contribution is 6.45. The number of aryl methyl sites for hydroxylation is 2. The maximum atomic E-state index is 13.8. The predicted octanol–water partition coefficient (Wildman–Crippen LogP) is 2.95. The molecule has 5 rings (SSSR count). The average Bonchev–Trinajstić information content (AvgIpc) is 3.32. The van der Waals surface area contributed by atoms with Crippen molar-refractivity contribution in [1.29, 1.82) is 0 Å². The number of nitrogens with zero attached hydrogens (tertiary/aromatic N) is 4. The zero-order valence-corrected chi connectivity index (χ0v) is 19.5. The summed E-state index contributed by atoms with van der Waals surface area (Å²) in [6, 6.07) is 22.3. The van der Waals surface area contributed by atoms with Gasteiger partial charge in [0.25, 0.3) is 11.6 Å². The second-order valence-corrected chi connectivity index (χ2v) is 8.39. The van der Waals surface area contributed by atoms with Gasteiger partial charge in [0, 0.05) is 30.3 Å². The van der Waals surface area contributed by atoms with E-state index >= 15 is 0 Å². The lowest BCUT2D eigenvalue weighted by molar-refractivity contribution is -0.577. The average molecular weight is 465 g/mol. The van der Waals surface area contributed by atoms with Gasteiger partial charge in [-0.25, -0.2) is 0 Å². The monoisotopic (exact) mass is 464 g/mol. The number of rotatable bonds is 6.